The van der Waals surface area contributed by atoms with Crippen LogP contribution in [0, 0.1) is 5.92 Å². The number of nitrogen functional groups attached to an aromatic ring is 1. The van der Waals surface area contributed by atoms with Crippen LogP contribution < -0.4 is 16.2 Å². The van der Waals surface area contributed by atoms with Gasteiger partial charge < -0.3 is 10.6 Å². The number of aromatic nitrogens is 2. The van der Waals surface area contributed by atoms with Crippen molar-refractivity contribution in [1.82, 2.24) is 9.78 Å². The highest BCUT2D eigenvalue weighted by Gasteiger charge is 2.34. The lowest BCUT2D eigenvalue weighted by molar-refractivity contribution is -0.914. The molecule has 4 atom stereocenters. The third-order valence-electron chi connectivity index (χ3n) is 3.86. The molecule has 1 aromatic heterocycles. The van der Waals surface area contributed by atoms with E-state index in [2.05, 4.69) is 26.0 Å². The second-order valence-corrected chi connectivity index (χ2v) is 5.15. The Kier molecular flexibility index (Phi) is 2.80. The average molecular weight is 225 g/mol. The fourth-order valence-electron chi connectivity index (χ4n) is 2.69. The van der Waals surface area contributed by atoms with E-state index in [0.717, 1.165) is 13.0 Å². The quantitative estimate of drug-likeness (QED) is 0.588. The van der Waals surface area contributed by atoms with E-state index in [1.807, 2.05) is 4.68 Å². The SMILES string of the molecule is C[C@@H]1C[NH+](C)[C@@H](C)C[C@H]1n1[nH]c(=O)cc1N. The Morgan fingerprint density at radius 3 is 2.81 bits per heavy atom. The van der Waals surface area contributed by atoms with E-state index in [9.17, 15) is 4.79 Å². The molecule has 2 rings (SSSR count). The molecule has 0 amide bonds. The lowest BCUT2D eigenvalue weighted by Gasteiger charge is -2.37. The molecule has 0 saturated carbocycles. The van der Waals surface area contributed by atoms with Crippen LogP contribution in [0.25, 0.3) is 0 Å². The predicted molar refractivity (Wildman–Crippen MR) is 63.5 cm³/mol. The summed E-state index contributed by atoms with van der Waals surface area (Å²) in [6.45, 7) is 5.58. The van der Waals surface area contributed by atoms with Crippen molar-refractivity contribution < 1.29 is 4.90 Å². The molecule has 0 aliphatic carbocycles. The molecule has 5 heteroatoms. The van der Waals surface area contributed by atoms with Gasteiger partial charge in [-0.15, -0.1) is 0 Å². The number of anilines is 1. The molecule has 0 aromatic carbocycles. The maximum absolute atomic E-state index is 11.2. The monoisotopic (exact) mass is 225 g/mol. The smallest absolute Gasteiger partial charge is 0.266 e. The Morgan fingerprint density at radius 1 is 1.56 bits per heavy atom. The van der Waals surface area contributed by atoms with Crippen molar-refractivity contribution in [3.05, 3.63) is 16.4 Å². The molecule has 1 aliphatic heterocycles. The number of H-pyrrole nitrogens is 1. The maximum atomic E-state index is 11.2. The van der Waals surface area contributed by atoms with E-state index in [4.69, 9.17) is 5.73 Å². The number of hydrogen-bond donors (Lipinski definition) is 3. The number of piperidine rings is 1. The van der Waals surface area contributed by atoms with Gasteiger partial charge in [0, 0.05) is 18.4 Å². The first kappa shape index (κ1) is 11.3. The first-order valence-electron chi connectivity index (χ1n) is 5.88. The van der Waals surface area contributed by atoms with Gasteiger partial charge in [-0.05, 0) is 6.92 Å². The molecule has 1 unspecified atom stereocenters. The number of aromatic amines is 1. The van der Waals surface area contributed by atoms with Crippen molar-refractivity contribution in [3.8, 4) is 0 Å². The van der Waals surface area contributed by atoms with Crippen LogP contribution in [-0.2, 0) is 0 Å². The normalized spacial score (nSPS) is 35.2. The van der Waals surface area contributed by atoms with Crippen LogP contribution in [0.15, 0.2) is 10.9 Å². The molecule has 0 bridgehead atoms. The van der Waals surface area contributed by atoms with E-state index in [1.165, 1.54) is 6.07 Å². The number of quaternary nitrogens is 1. The Bertz CT molecular complexity index is 422. The van der Waals surface area contributed by atoms with Crippen molar-refractivity contribution in [2.75, 3.05) is 19.3 Å². The van der Waals surface area contributed by atoms with Gasteiger partial charge in [0.05, 0.1) is 25.7 Å². The molecule has 16 heavy (non-hydrogen) atoms. The number of likely N-dealkylation sites (tertiary alicyclic amines) is 1. The molecule has 1 saturated heterocycles. The summed E-state index contributed by atoms with van der Waals surface area (Å²) in [5.74, 6) is 1.08. The molecule has 2 heterocycles. The molecule has 5 nitrogen and oxygen atoms in total. The van der Waals surface area contributed by atoms with Crippen LogP contribution in [0.4, 0.5) is 5.82 Å². The summed E-state index contributed by atoms with van der Waals surface area (Å²) < 4.78 is 1.84. The van der Waals surface area contributed by atoms with Crippen molar-refractivity contribution >= 4 is 5.82 Å². The molecule has 4 N–H and O–H groups in total. The summed E-state index contributed by atoms with van der Waals surface area (Å²) in [5.41, 5.74) is 5.73. The maximum Gasteiger partial charge on any atom is 0.266 e. The minimum absolute atomic E-state index is 0.108. The highest BCUT2D eigenvalue weighted by Crippen LogP contribution is 2.25. The van der Waals surface area contributed by atoms with Crippen molar-refractivity contribution in [3.63, 3.8) is 0 Å². The highest BCUT2D eigenvalue weighted by atomic mass is 16.1. The van der Waals surface area contributed by atoms with Gasteiger partial charge in [0.25, 0.3) is 5.56 Å². The Labute approximate surface area is 95.2 Å². The van der Waals surface area contributed by atoms with Gasteiger partial charge >= 0.3 is 0 Å². The van der Waals surface area contributed by atoms with Crippen LogP contribution in [0.1, 0.15) is 26.3 Å². The van der Waals surface area contributed by atoms with Crippen LogP contribution in [0.3, 0.4) is 0 Å². The van der Waals surface area contributed by atoms with E-state index < -0.39 is 0 Å². The summed E-state index contributed by atoms with van der Waals surface area (Å²) >= 11 is 0. The molecule has 0 radical (unpaired) electrons. The van der Waals surface area contributed by atoms with Crippen molar-refractivity contribution in [2.24, 2.45) is 5.92 Å². The lowest BCUT2D eigenvalue weighted by atomic mass is 9.90. The first-order valence-corrected chi connectivity index (χ1v) is 5.88. The third-order valence-corrected chi connectivity index (χ3v) is 3.86. The summed E-state index contributed by atoms with van der Waals surface area (Å²) in [6, 6.07) is 2.38. The summed E-state index contributed by atoms with van der Waals surface area (Å²) in [7, 11) is 2.22. The van der Waals surface area contributed by atoms with E-state index in [1.54, 1.807) is 4.90 Å². The largest absolute Gasteiger partial charge is 0.384 e. The van der Waals surface area contributed by atoms with Gasteiger partial charge in [0.2, 0.25) is 0 Å². The van der Waals surface area contributed by atoms with Gasteiger partial charge in [-0.1, -0.05) is 6.92 Å². The van der Waals surface area contributed by atoms with E-state index in [-0.39, 0.29) is 5.56 Å². The molecule has 90 valence electrons. The highest BCUT2D eigenvalue weighted by molar-refractivity contribution is 5.27. The molecule has 1 aromatic rings. The number of nitrogens with two attached hydrogens (primary N) is 1. The number of rotatable bonds is 1. The van der Waals surface area contributed by atoms with Gasteiger partial charge in [-0.2, -0.15) is 0 Å². The zero-order valence-electron chi connectivity index (χ0n) is 10.2. The minimum atomic E-state index is -0.108. The molecule has 1 aliphatic rings. The fraction of sp³-hybridized carbons (Fsp3) is 0.727. The van der Waals surface area contributed by atoms with Gasteiger partial charge in [-0.25, -0.2) is 0 Å². The molecule has 1 fully saturated rings. The van der Waals surface area contributed by atoms with Crippen molar-refractivity contribution in [2.45, 2.75) is 32.4 Å². The van der Waals surface area contributed by atoms with Gasteiger partial charge in [0.1, 0.15) is 5.82 Å². The van der Waals surface area contributed by atoms with E-state index >= 15 is 0 Å². The van der Waals surface area contributed by atoms with Crippen LogP contribution in [-0.4, -0.2) is 29.4 Å². The average Bonchev–Trinajstić information content (AvgIpc) is 2.51. The van der Waals surface area contributed by atoms with Gasteiger partial charge in [-0.3, -0.25) is 14.6 Å². The standard InChI is InChI=1S/C11H20N4O/c1-7-6-14(3)8(2)4-9(7)15-10(12)5-11(16)13-15/h5,7-9H,4,6,12H2,1-3H3,(H,13,16)/p+1/t7-,8+,9-/m1/s1. The summed E-state index contributed by atoms with van der Waals surface area (Å²) in [4.78, 5) is 12.8. The molecular weight excluding hydrogens is 204 g/mol. The zero-order chi connectivity index (χ0) is 11.9. The Hall–Kier alpha value is -1.23. The van der Waals surface area contributed by atoms with E-state index in [0.29, 0.717) is 23.8 Å². The van der Waals surface area contributed by atoms with Crippen molar-refractivity contribution in [1.29, 1.82) is 0 Å². The molecular formula is C11H21N4O+. The van der Waals surface area contributed by atoms with Crippen LogP contribution in [0.2, 0.25) is 0 Å². The zero-order valence-corrected chi connectivity index (χ0v) is 10.2. The van der Waals surface area contributed by atoms with Crippen LogP contribution >= 0.6 is 0 Å². The molecule has 0 spiro atoms. The lowest BCUT2D eigenvalue weighted by Crippen LogP contribution is -3.14. The van der Waals surface area contributed by atoms with Gasteiger partial charge in [0.15, 0.2) is 0 Å². The van der Waals surface area contributed by atoms with Crippen LogP contribution in [0.5, 0.6) is 0 Å². The summed E-state index contributed by atoms with van der Waals surface area (Å²) in [6.07, 6.45) is 1.06. The Morgan fingerprint density at radius 2 is 2.25 bits per heavy atom. The topological polar surface area (TPSA) is 68.2 Å². The second kappa shape index (κ2) is 3.97. The first-order chi connectivity index (χ1) is 7.49. The number of nitrogens with zero attached hydrogens (tertiary/aromatic N) is 1. The Balaban J connectivity index is 2.27. The summed E-state index contributed by atoms with van der Waals surface area (Å²) in [5, 5.41) is 2.81. The predicted octanol–water partition coefficient (Wildman–Crippen LogP) is -0.757. The number of nitrogens with one attached hydrogen (secondary N) is 2. The number of hydrogen-bond acceptors (Lipinski definition) is 2. The third kappa shape index (κ3) is 1.87. The minimum Gasteiger partial charge on any atom is -0.384 e. The fourth-order valence-corrected chi connectivity index (χ4v) is 2.69. The second-order valence-electron chi connectivity index (χ2n) is 5.15.